The van der Waals surface area contributed by atoms with Gasteiger partial charge in [-0.2, -0.15) is 5.10 Å². The van der Waals surface area contributed by atoms with Crippen LogP contribution in [0.15, 0.2) is 46.9 Å². The molecule has 0 aliphatic rings. The van der Waals surface area contributed by atoms with Crippen LogP contribution in [0.25, 0.3) is 33.0 Å². The number of benzene rings is 2. The number of fused-ring (bicyclic) bond motifs is 4. The van der Waals surface area contributed by atoms with E-state index in [0.29, 0.717) is 28.2 Å². The van der Waals surface area contributed by atoms with Gasteiger partial charge in [0, 0.05) is 29.6 Å². The number of para-hydroxylation sites is 1. The van der Waals surface area contributed by atoms with Gasteiger partial charge in [-0.05, 0) is 32.0 Å². The number of aromatic nitrogens is 3. The van der Waals surface area contributed by atoms with Crippen LogP contribution in [0.2, 0.25) is 0 Å². The molecule has 0 aliphatic heterocycles. The van der Waals surface area contributed by atoms with Crippen molar-refractivity contribution in [2.75, 3.05) is 12.4 Å². The van der Waals surface area contributed by atoms with E-state index < -0.39 is 0 Å². The average Bonchev–Trinajstić information content (AvgIpc) is 3.23. The lowest BCUT2D eigenvalue weighted by Crippen LogP contribution is -2.14. The molecule has 5 rings (SSSR count). The molecule has 0 fully saturated rings. The smallest absolute Gasteiger partial charge is 0.256 e. The number of amides is 1. The van der Waals surface area contributed by atoms with E-state index in [2.05, 4.69) is 15.4 Å². The van der Waals surface area contributed by atoms with Gasteiger partial charge in [-0.1, -0.05) is 18.2 Å². The number of methoxy groups -OCH3 is 1. The first kappa shape index (κ1) is 18.2. The monoisotopic (exact) mass is 400 g/mol. The molecule has 150 valence electrons. The summed E-state index contributed by atoms with van der Waals surface area (Å²) in [5, 5.41) is 10.1. The summed E-state index contributed by atoms with van der Waals surface area (Å²) in [5.74, 6) is 0.308. The Labute approximate surface area is 172 Å². The van der Waals surface area contributed by atoms with Crippen LogP contribution in [0.4, 0.5) is 5.69 Å². The van der Waals surface area contributed by atoms with Gasteiger partial charge < -0.3 is 14.5 Å². The van der Waals surface area contributed by atoms with Gasteiger partial charge in [-0.15, -0.1) is 0 Å². The Morgan fingerprint density at radius 3 is 2.70 bits per heavy atom. The van der Waals surface area contributed by atoms with Crippen molar-refractivity contribution in [3.8, 4) is 5.75 Å². The highest BCUT2D eigenvalue weighted by atomic mass is 16.5. The van der Waals surface area contributed by atoms with Crippen molar-refractivity contribution < 1.29 is 13.9 Å². The van der Waals surface area contributed by atoms with Crippen molar-refractivity contribution in [3.63, 3.8) is 0 Å². The fraction of sp³-hybridized carbons (Fsp3) is 0.174. The third-order valence-corrected chi connectivity index (χ3v) is 5.29. The standard InChI is InChI=1S/C23H20N4O3/c1-12-9-16(21-13(2)26-27(3)22(21)24-12)23(28)25-17-11-19-15(10-20(17)29-4)14-7-5-6-8-18(14)30-19/h5-11H,1-4H3,(H,25,28). The number of hydrogen-bond donors (Lipinski definition) is 1. The van der Waals surface area contributed by atoms with Crippen LogP contribution < -0.4 is 10.1 Å². The lowest BCUT2D eigenvalue weighted by Gasteiger charge is -2.11. The van der Waals surface area contributed by atoms with Crippen molar-refractivity contribution in [1.82, 2.24) is 14.8 Å². The van der Waals surface area contributed by atoms with E-state index in [9.17, 15) is 4.79 Å². The number of nitrogens with zero attached hydrogens (tertiary/aromatic N) is 3. The second kappa shape index (κ2) is 6.59. The van der Waals surface area contributed by atoms with E-state index in [0.717, 1.165) is 33.1 Å². The number of aryl methyl sites for hydroxylation is 3. The Balaban J connectivity index is 1.63. The van der Waals surface area contributed by atoms with Gasteiger partial charge in [0.2, 0.25) is 0 Å². The minimum Gasteiger partial charge on any atom is -0.495 e. The van der Waals surface area contributed by atoms with Gasteiger partial charge in [-0.3, -0.25) is 9.48 Å². The molecular weight excluding hydrogens is 380 g/mol. The molecule has 2 aromatic carbocycles. The van der Waals surface area contributed by atoms with Crippen LogP contribution in [0.3, 0.4) is 0 Å². The summed E-state index contributed by atoms with van der Waals surface area (Å²) in [6, 6.07) is 13.3. The predicted molar refractivity (Wildman–Crippen MR) is 116 cm³/mol. The summed E-state index contributed by atoms with van der Waals surface area (Å²) < 4.78 is 13.2. The summed E-state index contributed by atoms with van der Waals surface area (Å²) in [5.41, 5.74) is 4.71. The summed E-state index contributed by atoms with van der Waals surface area (Å²) in [7, 11) is 3.40. The molecule has 3 aromatic heterocycles. The van der Waals surface area contributed by atoms with Crippen LogP contribution in [-0.4, -0.2) is 27.8 Å². The van der Waals surface area contributed by atoms with E-state index in [4.69, 9.17) is 9.15 Å². The predicted octanol–water partition coefficient (Wildman–Crippen LogP) is 4.75. The van der Waals surface area contributed by atoms with E-state index in [-0.39, 0.29) is 5.91 Å². The Morgan fingerprint density at radius 2 is 1.90 bits per heavy atom. The zero-order valence-electron chi connectivity index (χ0n) is 17.1. The maximum Gasteiger partial charge on any atom is 0.256 e. The van der Waals surface area contributed by atoms with Gasteiger partial charge in [-0.25, -0.2) is 4.98 Å². The Bertz CT molecular complexity index is 1460. The van der Waals surface area contributed by atoms with E-state index in [1.54, 1.807) is 23.9 Å². The van der Waals surface area contributed by atoms with Gasteiger partial charge in [0.05, 0.1) is 29.4 Å². The zero-order chi connectivity index (χ0) is 21.0. The number of carbonyl (C=O) groups excluding carboxylic acids is 1. The molecule has 0 unspecified atom stereocenters. The van der Waals surface area contributed by atoms with E-state index >= 15 is 0 Å². The van der Waals surface area contributed by atoms with Crippen molar-refractivity contribution >= 4 is 44.6 Å². The number of rotatable bonds is 3. The maximum atomic E-state index is 13.3. The van der Waals surface area contributed by atoms with Crippen LogP contribution in [0.1, 0.15) is 21.7 Å². The summed E-state index contributed by atoms with van der Waals surface area (Å²) in [6.07, 6.45) is 0. The first-order valence-electron chi connectivity index (χ1n) is 9.58. The third kappa shape index (κ3) is 2.70. The number of ether oxygens (including phenoxy) is 1. The first-order valence-corrected chi connectivity index (χ1v) is 9.58. The highest BCUT2D eigenvalue weighted by Crippen LogP contribution is 2.36. The molecule has 5 aromatic rings. The molecule has 1 N–H and O–H groups in total. The molecule has 30 heavy (non-hydrogen) atoms. The number of nitrogens with one attached hydrogen (secondary N) is 1. The first-order chi connectivity index (χ1) is 14.5. The van der Waals surface area contributed by atoms with E-state index in [1.807, 2.05) is 51.2 Å². The number of furan rings is 1. The molecular formula is C23H20N4O3. The molecule has 1 amide bonds. The average molecular weight is 400 g/mol. The topological polar surface area (TPSA) is 82.2 Å². The molecule has 0 aliphatic carbocycles. The fourth-order valence-corrected chi connectivity index (χ4v) is 3.96. The Hall–Kier alpha value is -3.87. The molecule has 7 heteroatoms. The zero-order valence-corrected chi connectivity index (χ0v) is 17.1. The van der Waals surface area contributed by atoms with Crippen LogP contribution in [0.5, 0.6) is 5.75 Å². The molecule has 7 nitrogen and oxygen atoms in total. The Kier molecular flexibility index (Phi) is 3.99. The molecule has 3 heterocycles. The minimum atomic E-state index is -0.254. The van der Waals surface area contributed by atoms with Gasteiger partial charge in [0.25, 0.3) is 5.91 Å². The highest BCUT2D eigenvalue weighted by molar-refractivity contribution is 6.14. The highest BCUT2D eigenvalue weighted by Gasteiger charge is 2.20. The number of carbonyl (C=O) groups is 1. The molecule has 0 saturated heterocycles. The number of anilines is 1. The molecule has 0 bridgehead atoms. The lowest BCUT2D eigenvalue weighted by atomic mass is 10.1. The third-order valence-electron chi connectivity index (χ3n) is 5.29. The molecule has 0 atom stereocenters. The summed E-state index contributed by atoms with van der Waals surface area (Å²) in [6.45, 7) is 3.73. The van der Waals surface area contributed by atoms with Crippen molar-refractivity contribution in [1.29, 1.82) is 0 Å². The minimum absolute atomic E-state index is 0.254. The SMILES string of the molecule is COc1cc2c(cc1NC(=O)c1cc(C)nc3c1c(C)nn3C)oc1ccccc12. The summed E-state index contributed by atoms with van der Waals surface area (Å²) >= 11 is 0. The maximum absolute atomic E-state index is 13.3. The molecule has 0 radical (unpaired) electrons. The van der Waals surface area contributed by atoms with Gasteiger partial charge >= 0.3 is 0 Å². The largest absolute Gasteiger partial charge is 0.495 e. The molecule has 0 saturated carbocycles. The van der Waals surface area contributed by atoms with Crippen molar-refractivity contribution in [3.05, 3.63) is 59.4 Å². The van der Waals surface area contributed by atoms with Crippen LogP contribution in [0, 0.1) is 13.8 Å². The van der Waals surface area contributed by atoms with Gasteiger partial charge in [0.15, 0.2) is 5.65 Å². The van der Waals surface area contributed by atoms with Gasteiger partial charge in [0.1, 0.15) is 16.9 Å². The van der Waals surface area contributed by atoms with Crippen molar-refractivity contribution in [2.24, 2.45) is 7.05 Å². The Morgan fingerprint density at radius 1 is 1.10 bits per heavy atom. The van der Waals surface area contributed by atoms with E-state index in [1.165, 1.54) is 0 Å². The second-order valence-corrected chi connectivity index (χ2v) is 7.32. The fourth-order valence-electron chi connectivity index (χ4n) is 3.96. The second-order valence-electron chi connectivity index (χ2n) is 7.32. The normalized spacial score (nSPS) is 11.5. The number of pyridine rings is 1. The molecule has 0 spiro atoms. The number of hydrogen-bond acceptors (Lipinski definition) is 5. The van der Waals surface area contributed by atoms with Crippen LogP contribution in [-0.2, 0) is 7.05 Å². The van der Waals surface area contributed by atoms with Crippen molar-refractivity contribution in [2.45, 2.75) is 13.8 Å². The quantitative estimate of drug-likeness (QED) is 0.473. The van der Waals surface area contributed by atoms with Crippen LogP contribution >= 0.6 is 0 Å². The lowest BCUT2D eigenvalue weighted by molar-refractivity contribution is 0.102. The summed E-state index contributed by atoms with van der Waals surface area (Å²) in [4.78, 5) is 17.8.